The van der Waals surface area contributed by atoms with E-state index in [-0.39, 0.29) is 0 Å². The number of rotatable bonds is 8. The summed E-state index contributed by atoms with van der Waals surface area (Å²) < 4.78 is 0. The SMILES string of the molecule is CCCCCCCCC(C)(O)CCl. The standard InChI is InChI=1S/C11H23ClO/c1-3-4-5-6-7-8-9-11(2,13)10-12/h13H,3-10H2,1-2H3. The maximum absolute atomic E-state index is 9.59. The second-order valence-corrected chi connectivity index (χ2v) is 4.42. The third-order valence-electron chi connectivity index (χ3n) is 2.36. The van der Waals surface area contributed by atoms with Crippen molar-refractivity contribution in [2.24, 2.45) is 0 Å². The normalized spacial score (nSPS) is 15.7. The molecule has 1 atom stereocenters. The molecule has 0 heterocycles. The van der Waals surface area contributed by atoms with Crippen molar-refractivity contribution in [2.45, 2.75) is 64.4 Å². The Bertz CT molecular complexity index is 113. The molecule has 0 rings (SSSR count). The molecule has 0 saturated heterocycles. The van der Waals surface area contributed by atoms with Crippen LogP contribution < -0.4 is 0 Å². The van der Waals surface area contributed by atoms with Gasteiger partial charge in [-0.2, -0.15) is 0 Å². The van der Waals surface area contributed by atoms with Crippen LogP contribution in [0, 0.1) is 0 Å². The van der Waals surface area contributed by atoms with E-state index in [0.29, 0.717) is 5.88 Å². The van der Waals surface area contributed by atoms with Gasteiger partial charge >= 0.3 is 0 Å². The molecule has 0 aromatic heterocycles. The molecule has 1 unspecified atom stereocenters. The lowest BCUT2D eigenvalue weighted by atomic mass is 9.99. The van der Waals surface area contributed by atoms with E-state index in [2.05, 4.69) is 6.92 Å². The van der Waals surface area contributed by atoms with Crippen LogP contribution in [0.15, 0.2) is 0 Å². The molecule has 0 aliphatic rings. The van der Waals surface area contributed by atoms with Crippen molar-refractivity contribution in [3.05, 3.63) is 0 Å². The zero-order valence-corrected chi connectivity index (χ0v) is 9.74. The first kappa shape index (κ1) is 13.2. The van der Waals surface area contributed by atoms with Gasteiger partial charge in [-0.25, -0.2) is 0 Å². The molecule has 2 heteroatoms. The van der Waals surface area contributed by atoms with Gasteiger partial charge in [0, 0.05) is 0 Å². The summed E-state index contributed by atoms with van der Waals surface area (Å²) in [5, 5.41) is 9.59. The highest BCUT2D eigenvalue weighted by Gasteiger charge is 2.17. The monoisotopic (exact) mass is 206 g/mol. The number of halogens is 1. The third kappa shape index (κ3) is 8.58. The largest absolute Gasteiger partial charge is 0.389 e. The summed E-state index contributed by atoms with van der Waals surface area (Å²) in [5.74, 6) is 0.349. The lowest BCUT2D eigenvalue weighted by Crippen LogP contribution is -2.25. The zero-order chi connectivity index (χ0) is 10.2. The van der Waals surface area contributed by atoms with Gasteiger partial charge in [0.25, 0.3) is 0 Å². The second kappa shape index (κ2) is 7.64. The number of alkyl halides is 1. The van der Waals surface area contributed by atoms with Crippen LogP contribution in [-0.4, -0.2) is 16.6 Å². The van der Waals surface area contributed by atoms with Crippen molar-refractivity contribution in [1.82, 2.24) is 0 Å². The van der Waals surface area contributed by atoms with Gasteiger partial charge in [-0.15, -0.1) is 11.6 Å². The van der Waals surface area contributed by atoms with Gasteiger partial charge < -0.3 is 5.11 Å². The van der Waals surface area contributed by atoms with Crippen molar-refractivity contribution >= 4 is 11.6 Å². The Morgan fingerprint density at radius 2 is 1.62 bits per heavy atom. The molecule has 0 aromatic rings. The van der Waals surface area contributed by atoms with Crippen LogP contribution in [0.1, 0.15) is 58.8 Å². The van der Waals surface area contributed by atoms with Crippen LogP contribution in [-0.2, 0) is 0 Å². The van der Waals surface area contributed by atoms with E-state index in [1.54, 1.807) is 0 Å². The quantitative estimate of drug-likeness (QED) is 0.474. The number of aliphatic hydroxyl groups is 1. The van der Waals surface area contributed by atoms with E-state index < -0.39 is 5.60 Å². The van der Waals surface area contributed by atoms with E-state index in [9.17, 15) is 5.11 Å². The number of unbranched alkanes of at least 4 members (excludes halogenated alkanes) is 5. The minimum absolute atomic E-state index is 0.349. The third-order valence-corrected chi connectivity index (χ3v) is 2.93. The fourth-order valence-corrected chi connectivity index (χ4v) is 1.49. The predicted octanol–water partition coefficient (Wildman–Crippen LogP) is 3.73. The molecule has 0 bridgehead atoms. The minimum Gasteiger partial charge on any atom is -0.389 e. The molecule has 0 aromatic carbocycles. The van der Waals surface area contributed by atoms with Crippen LogP contribution in [0.4, 0.5) is 0 Å². The van der Waals surface area contributed by atoms with Crippen LogP contribution in [0.2, 0.25) is 0 Å². The predicted molar refractivity (Wildman–Crippen MR) is 59.3 cm³/mol. The summed E-state index contributed by atoms with van der Waals surface area (Å²) in [4.78, 5) is 0. The summed E-state index contributed by atoms with van der Waals surface area (Å²) in [5.41, 5.74) is -0.647. The highest BCUT2D eigenvalue weighted by Crippen LogP contribution is 2.16. The summed E-state index contributed by atoms with van der Waals surface area (Å²) in [7, 11) is 0. The Morgan fingerprint density at radius 1 is 1.08 bits per heavy atom. The van der Waals surface area contributed by atoms with Gasteiger partial charge in [-0.05, 0) is 13.3 Å². The van der Waals surface area contributed by atoms with Crippen LogP contribution in [0.25, 0.3) is 0 Å². The first-order valence-corrected chi connectivity index (χ1v) is 5.94. The fraction of sp³-hybridized carbons (Fsp3) is 1.00. The Hall–Kier alpha value is 0.250. The maximum Gasteiger partial charge on any atom is 0.0754 e. The average molecular weight is 207 g/mol. The average Bonchev–Trinajstić information content (AvgIpc) is 2.11. The summed E-state index contributed by atoms with van der Waals surface area (Å²) in [6, 6.07) is 0. The van der Waals surface area contributed by atoms with Crippen molar-refractivity contribution in [2.75, 3.05) is 5.88 Å². The molecule has 0 aliphatic carbocycles. The molecule has 1 N–H and O–H groups in total. The zero-order valence-electron chi connectivity index (χ0n) is 8.98. The highest BCUT2D eigenvalue weighted by molar-refractivity contribution is 6.18. The van der Waals surface area contributed by atoms with Gasteiger partial charge in [-0.1, -0.05) is 45.4 Å². The molecule has 0 amide bonds. The Labute approximate surface area is 87.5 Å². The van der Waals surface area contributed by atoms with Crippen LogP contribution in [0.5, 0.6) is 0 Å². The van der Waals surface area contributed by atoms with Gasteiger partial charge in [0.1, 0.15) is 0 Å². The van der Waals surface area contributed by atoms with Crippen molar-refractivity contribution in [3.63, 3.8) is 0 Å². The Morgan fingerprint density at radius 3 is 2.15 bits per heavy atom. The molecule has 80 valence electrons. The summed E-state index contributed by atoms with van der Waals surface area (Å²) >= 11 is 5.61. The fourth-order valence-electron chi connectivity index (χ4n) is 1.35. The lowest BCUT2D eigenvalue weighted by Gasteiger charge is -2.19. The topological polar surface area (TPSA) is 20.2 Å². The second-order valence-electron chi connectivity index (χ2n) is 4.15. The van der Waals surface area contributed by atoms with E-state index in [1.165, 1.54) is 32.1 Å². The van der Waals surface area contributed by atoms with E-state index in [1.807, 2.05) is 6.92 Å². The molecule has 0 aliphatic heterocycles. The van der Waals surface area contributed by atoms with E-state index in [0.717, 1.165) is 12.8 Å². The van der Waals surface area contributed by atoms with Crippen molar-refractivity contribution in [1.29, 1.82) is 0 Å². The first-order chi connectivity index (χ1) is 6.12. The summed E-state index contributed by atoms with van der Waals surface area (Å²) in [6.07, 6.45) is 8.43. The Balaban J connectivity index is 3.16. The van der Waals surface area contributed by atoms with Gasteiger partial charge in [0.05, 0.1) is 11.5 Å². The molecule has 0 spiro atoms. The van der Waals surface area contributed by atoms with Gasteiger partial charge in [0.15, 0.2) is 0 Å². The highest BCUT2D eigenvalue weighted by atomic mass is 35.5. The van der Waals surface area contributed by atoms with Gasteiger partial charge in [-0.3, -0.25) is 0 Å². The van der Waals surface area contributed by atoms with Crippen molar-refractivity contribution < 1.29 is 5.11 Å². The molecule has 0 fully saturated rings. The minimum atomic E-state index is -0.647. The van der Waals surface area contributed by atoms with Crippen molar-refractivity contribution in [3.8, 4) is 0 Å². The van der Waals surface area contributed by atoms with Crippen LogP contribution >= 0.6 is 11.6 Å². The maximum atomic E-state index is 9.59. The molecule has 13 heavy (non-hydrogen) atoms. The molecule has 0 saturated carbocycles. The number of hydrogen-bond donors (Lipinski definition) is 1. The molecular formula is C11H23ClO. The summed E-state index contributed by atoms with van der Waals surface area (Å²) in [6.45, 7) is 4.03. The van der Waals surface area contributed by atoms with Gasteiger partial charge in [0.2, 0.25) is 0 Å². The molecular weight excluding hydrogens is 184 g/mol. The molecule has 1 nitrogen and oxygen atoms in total. The Kier molecular flexibility index (Phi) is 7.78. The van der Waals surface area contributed by atoms with E-state index >= 15 is 0 Å². The number of hydrogen-bond acceptors (Lipinski definition) is 1. The molecule has 0 radical (unpaired) electrons. The smallest absolute Gasteiger partial charge is 0.0754 e. The lowest BCUT2D eigenvalue weighted by molar-refractivity contribution is 0.0716. The first-order valence-electron chi connectivity index (χ1n) is 5.41. The van der Waals surface area contributed by atoms with E-state index in [4.69, 9.17) is 11.6 Å². The van der Waals surface area contributed by atoms with Crippen LogP contribution in [0.3, 0.4) is 0 Å².